The first-order chi connectivity index (χ1) is 13.3. The lowest BCUT2D eigenvalue weighted by Crippen LogP contribution is -3.19. The van der Waals surface area contributed by atoms with Crippen molar-refractivity contribution in [2.45, 2.75) is 56.9 Å². The van der Waals surface area contributed by atoms with E-state index < -0.39 is 10.0 Å². The van der Waals surface area contributed by atoms with E-state index in [4.69, 9.17) is 0 Å². The standard InChI is InChI=1S/C21H33N3O3S/c1-4-17(2)19-7-9-20(10-8-19)28(26,27)24-15-13-22(14-16-24)18(3)21(25)23-11-5-6-12-23/h7-10,17-18H,4-6,11-16H2,1-3H3/p+1/t17-,18-/m1/s1. The molecule has 1 aromatic rings. The van der Waals surface area contributed by atoms with Crippen molar-refractivity contribution in [2.75, 3.05) is 39.3 Å². The van der Waals surface area contributed by atoms with Gasteiger partial charge in [-0.2, -0.15) is 4.31 Å². The molecule has 2 atom stereocenters. The second-order valence-electron chi connectivity index (χ2n) is 8.19. The molecule has 7 heteroatoms. The number of benzene rings is 1. The molecule has 2 aliphatic rings. The zero-order valence-electron chi connectivity index (χ0n) is 17.4. The van der Waals surface area contributed by atoms with Crippen molar-refractivity contribution in [2.24, 2.45) is 0 Å². The number of nitrogens with one attached hydrogen (secondary N) is 1. The molecule has 156 valence electrons. The Morgan fingerprint density at radius 1 is 1.04 bits per heavy atom. The van der Waals surface area contributed by atoms with Crippen LogP contribution in [-0.4, -0.2) is 68.8 Å². The minimum Gasteiger partial charge on any atom is -0.338 e. The van der Waals surface area contributed by atoms with Crippen LogP contribution in [0.4, 0.5) is 0 Å². The minimum absolute atomic E-state index is 0.0993. The summed E-state index contributed by atoms with van der Waals surface area (Å²) in [7, 11) is -3.47. The van der Waals surface area contributed by atoms with Crippen LogP contribution in [0.15, 0.2) is 29.2 Å². The summed E-state index contributed by atoms with van der Waals surface area (Å²) >= 11 is 0. The Kier molecular flexibility index (Phi) is 6.78. The molecule has 1 amide bonds. The third-order valence-electron chi connectivity index (χ3n) is 6.46. The lowest BCUT2D eigenvalue weighted by Gasteiger charge is -2.35. The Bertz CT molecular complexity index is 765. The summed E-state index contributed by atoms with van der Waals surface area (Å²) in [6.07, 6.45) is 3.22. The minimum atomic E-state index is -3.47. The van der Waals surface area contributed by atoms with Crippen molar-refractivity contribution in [3.05, 3.63) is 29.8 Å². The van der Waals surface area contributed by atoms with Gasteiger partial charge >= 0.3 is 0 Å². The maximum absolute atomic E-state index is 13.0. The quantitative estimate of drug-likeness (QED) is 0.767. The van der Waals surface area contributed by atoms with E-state index in [2.05, 4.69) is 13.8 Å². The lowest BCUT2D eigenvalue weighted by atomic mass is 9.99. The Morgan fingerprint density at radius 3 is 2.14 bits per heavy atom. The number of hydrogen-bond donors (Lipinski definition) is 1. The number of hydrogen-bond acceptors (Lipinski definition) is 3. The zero-order valence-corrected chi connectivity index (χ0v) is 18.2. The number of amides is 1. The molecule has 1 N–H and O–H groups in total. The summed E-state index contributed by atoms with van der Waals surface area (Å²) < 4.78 is 27.6. The summed E-state index contributed by atoms with van der Waals surface area (Å²) in [5.74, 6) is 0.642. The molecule has 0 aliphatic carbocycles. The molecule has 28 heavy (non-hydrogen) atoms. The van der Waals surface area contributed by atoms with Crippen LogP contribution in [0, 0.1) is 0 Å². The average molecular weight is 409 g/mol. The Hall–Kier alpha value is -1.44. The van der Waals surface area contributed by atoms with Crippen molar-refractivity contribution < 1.29 is 18.1 Å². The lowest BCUT2D eigenvalue weighted by molar-refractivity contribution is -0.918. The van der Waals surface area contributed by atoms with Crippen LogP contribution in [-0.2, 0) is 14.8 Å². The Balaban J connectivity index is 1.61. The molecule has 0 unspecified atom stereocenters. The van der Waals surface area contributed by atoms with Gasteiger partial charge in [0.25, 0.3) is 5.91 Å². The monoisotopic (exact) mass is 408 g/mol. The number of sulfonamides is 1. The van der Waals surface area contributed by atoms with Gasteiger partial charge in [-0.05, 0) is 49.8 Å². The molecule has 2 aliphatic heterocycles. The van der Waals surface area contributed by atoms with Crippen molar-refractivity contribution in [3.8, 4) is 0 Å². The van der Waals surface area contributed by atoms with Crippen LogP contribution in [0.3, 0.4) is 0 Å². The number of piperazine rings is 1. The van der Waals surface area contributed by atoms with Gasteiger partial charge in [-0.3, -0.25) is 4.79 Å². The maximum atomic E-state index is 13.0. The largest absolute Gasteiger partial charge is 0.338 e. The van der Waals surface area contributed by atoms with Crippen LogP contribution in [0.2, 0.25) is 0 Å². The SMILES string of the molecule is CC[C@@H](C)c1ccc(S(=O)(=O)N2CC[NH+]([C@H](C)C(=O)N3CCCC3)CC2)cc1. The van der Waals surface area contributed by atoms with Crippen LogP contribution in [0.5, 0.6) is 0 Å². The highest BCUT2D eigenvalue weighted by atomic mass is 32.2. The van der Waals surface area contributed by atoms with E-state index in [1.165, 1.54) is 10.5 Å². The van der Waals surface area contributed by atoms with Crippen molar-refractivity contribution in [3.63, 3.8) is 0 Å². The molecule has 0 bridgehead atoms. The first-order valence-corrected chi connectivity index (χ1v) is 12.0. The van der Waals surface area contributed by atoms with E-state index in [0.717, 1.165) is 32.4 Å². The number of likely N-dealkylation sites (tertiary alicyclic amines) is 1. The summed E-state index contributed by atoms with van der Waals surface area (Å²) in [5.41, 5.74) is 1.17. The molecule has 0 aromatic heterocycles. The maximum Gasteiger partial charge on any atom is 0.280 e. The number of carbonyl (C=O) groups is 1. The van der Waals surface area contributed by atoms with Crippen molar-refractivity contribution >= 4 is 15.9 Å². The van der Waals surface area contributed by atoms with Gasteiger partial charge in [-0.15, -0.1) is 0 Å². The highest BCUT2D eigenvalue weighted by molar-refractivity contribution is 7.89. The molecule has 6 nitrogen and oxygen atoms in total. The number of quaternary nitrogens is 1. The van der Waals surface area contributed by atoms with Gasteiger partial charge in [0.1, 0.15) is 0 Å². The molecule has 3 rings (SSSR count). The fourth-order valence-electron chi connectivity index (χ4n) is 4.19. The van der Waals surface area contributed by atoms with Crippen LogP contribution >= 0.6 is 0 Å². The van der Waals surface area contributed by atoms with Gasteiger partial charge in [-0.25, -0.2) is 8.42 Å². The summed E-state index contributed by atoms with van der Waals surface area (Å²) in [6, 6.07) is 7.22. The predicted molar refractivity (Wildman–Crippen MR) is 110 cm³/mol. The van der Waals surface area contributed by atoms with Gasteiger partial charge in [0.15, 0.2) is 6.04 Å². The Morgan fingerprint density at radius 2 is 1.61 bits per heavy atom. The van der Waals surface area contributed by atoms with Crippen LogP contribution in [0.1, 0.15) is 51.5 Å². The highest BCUT2D eigenvalue weighted by Gasteiger charge is 2.36. The third-order valence-corrected chi connectivity index (χ3v) is 8.38. The van der Waals surface area contributed by atoms with Gasteiger partial charge in [0.05, 0.1) is 31.1 Å². The van der Waals surface area contributed by atoms with Gasteiger partial charge in [0.2, 0.25) is 10.0 Å². The molecule has 0 spiro atoms. The molecular formula is C21H34N3O3S+. The highest BCUT2D eigenvalue weighted by Crippen LogP contribution is 2.22. The smallest absolute Gasteiger partial charge is 0.280 e. The first kappa shape index (κ1) is 21.3. The van der Waals surface area contributed by atoms with Gasteiger partial charge in [0, 0.05) is 13.1 Å². The van der Waals surface area contributed by atoms with Crippen LogP contribution < -0.4 is 4.90 Å². The van der Waals surface area contributed by atoms with E-state index in [0.29, 0.717) is 37.0 Å². The second kappa shape index (κ2) is 8.93. The number of nitrogens with zero attached hydrogens (tertiary/aromatic N) is 2. The number of rotatable bonds is 6. The fourth-order valence-corrected chi connectivity index (χ4v) is 5.63. The predicted octanol–water partition coefficient (Wildman–Crippen LogP) is 1.10. The molecular weight excluding hydrogens is 374 g/mol. The fraction of sp³-hybridized carbons (Fsp3) is 0.667. The molecule has 1 aromatic carbocycles. The summed E-state index contributed by atoms with van der Waals surface area (Å²) in [6.45, 7) is 10.3. The van der Waals surface area contributed by atoms with Gasteiger partial charge < -0.3 is 9.80 Å². The van der Waals surface area contributed by atoms with E-state index in [1.54, 1.807) is 16.4 Å². The molecule has 2 fully saturated rings. The second-order valence-corrected chi connectivity index (χ2v) is 10.1. The summed E-state index contributed by atoms with van der Waals surface area (Å²) in [5, 5.41) is 0. The van der Waals surface area contributed by atoms with E-state index in [9.17, 15) is 13.2 Å². The van der Waals surface area contributed by atoms with Crippen molar-refractivity contribution in [1.82, 2.24) is 9.21 Å². The van der Waals surface area contributed by atoms with Crippen LogP contribution in [0.25, 0.3) is 0 Å². The Labute approximate surface area is 169 Å². The van der Waals surface area contributed by atoms with Crippen molar-refractivity contribution in [1.29, 1.82) is 0 Å². The third kappa shape index (κ3) is 4.42. The van der Waals surface area contributed by atoms with E-state index >= 15 is 0 Å². The van der Waals surface area contributed by atoms with E-state index in [-0.39, 0.29) is 11.9 Å². The normalized spacial score (nSPS) is 21.6. The average Bonchev–Trinajstić information content (AvgIpc) is 3.27. The van der Waals surface area contributed by atoms with Gasteiger partial charge in [-0.1, -0.05) is 26.0 Å². The first-order valence-electron chi connectivity index (χ1n) is 10.6. The molecule has 0 saturated carbocycles. The topological polar surface area (TPSA) is 62.1 Å². The molecule has 2 saturated heterocycles. The zero-order chi connectivity index (χ0) is 20.3. The molecule has 0 radical (unpaired) electrons. The van der Waals surface area contributed by atoms with E-state index in [1.807, 2.05) is 24.0 Å². The number of carbonyl (C=O) groups excluding carboxylic acids is 1. The summed E-state index contributed by atoms with van der Waals surface area (Å²) in [4.78, 5) is 16.1. The molecule has 2 heterocycles.